The quantitative estimate of drug-likeness (QED) is 0.0781. The van der Waals surface area contributed by atoms with Crippen LogP contribution in [-0.2, 0) is 57.2 Å². The average molecular weight is 1060 g/mol. The molecular weight excluding hydrogens is 967 g/mol. The van der Waals surface area contributed by atoms with Crippen molar-refractivity contribution in [2.24, 2.45) is 35.5 Å². The first-order chi connectivity index (χ1) is 34.8. The number of carbonyl (C=O) groups excluding carboxylic acids is 6. The molecule has 3 aliphatic heterocycles. The number of piperidine rings is 1. The summed E-state index contributed by atoms with van der Waals surface area (Å²) in [4.78, 5) is 95.6. The van der Waals surface area contributed by atoms with E-state index in [9.17, 15) is 43.8 Å². The van der Waals surface area contributed by atoms with Gasteiger partial charge in [-0.25, -0.2) is 4.79 Å². The van der Waals surface area contributed by atoms with Crippen LogP contribution in [0.4, 0.5) is 0 Å². The molecular formula is C57H91NO15Si. The van der Waals surface area contributed by atoms with Gasteiger partial charge >= 0.3 is 11.9 Å². The monoisotopic (exact) mass is 1060 g/mol. The van der Waals surface area contributed by atoms with E-state index in [0.717, 1.165) is 5.57 Å². The Labute approximate surface area is 442 Å². The Morgan fingerprint density at radius 1 is 0.878 bits per heavy atom. The number of hydrogen-bond acceptors (Lipinski definition) is 15. The Balaban J connectivity index is 1.66. The lowest BCUT2D eigenvalue weighted by molar-refractivity contribution is -0.265. The fourth-order valence-electron chi connectivity index (χ4n) is 11.1. The standard InChI is InChI=1S/C57H91NO15Si/c1-35-19-14-13-15-20-36(2)47(68-8)33-43-25-23-41(7)57(66,73-43)54(63)55(64)58-27-17-16-21-44(58)56(65)72-48(34-45(59)37(3)30-40(6)52(62)53(70-10)51(61)39(5)29-35)38(4)31-42-24-26-46(49(32-42)69-9)71-50(60)22-18-28-74(11,12)67/h13-15,19-20,30,35,37-39,41-44,46-49,52-53,62,66-67H,16-18,21-29,31-34H2,1-12H3/b15-13+,19-14+,36-20+,40-30+/t35-,37-,38+,39-,41-,42+,43+,44+,46-,47+,48+,49-,52-,53+,57-/m1/s1. The van der Waals surface area contributed by atoms with E-state index < -0.39 is 104 Å². The van der Waals surface area contributed by atoms with Gasteiger partial charge in [0, 0.05) is 64.9 Å². The summed E-state index contributed by atoms with van der Waals surface area (Å²) in [6.45, 7) is 16.3. The number of carbonyl (C=O) groups is 6. The van der Waals surface area contributed by atoms with Crippen molar-refractivity contribution in [2.75, 3.05) is 27.9 Å². The van der Waals surface area contributed by atoms with E-state index in [1.54, 1.807) is 41.1 Å². The molecule has 0 aromatic rings. The van der Waals surface area contributed by atoms with E-state index in [0.29, 0.717) is 82.2 Å². The number of esters is 2. The zero-order chi connectivity index (χ0) is 55.1. The highest BCUT2D eigenvalue weighted by molar-refractivity contribution is 6.69. The number of aliphatic hydroxyl groups is 2. The van der Waals surface area contributed by atoms with Crippen molar-refractivity contribution in [3.8, 4) is 0 Å². The minimum absolute atomic E-state index is 0.00302. The molecule has 418 valence electrons. The number of amides is 1. The Hall–Kier alpha value is -3.68. The smallest absolute Gasteiger partial charge is 0.329 e. The number of hydrogen-bond donors (Lipinski definition) is 3. The average Bonchev–Trinajstić information content (AvgIpc) is 3.35. The summed E-state index contributed by atoms with van der Waals surface area (Å²) in [6, 6.07) is -0.583. The van der Waals surface area contributed by atoms with Crippen LogP contribution in [0.25, 0.3) is 0 Å². The van der Waals surface area contributed by atoms with Crippen LogP contribution < -0.4 is 0 Å². The summed E-state index contributed by atoms with van der Waals surface area (Å²) in [5.41, 5.74) is 1.24. The van der Waals surface area contributed by atoms with E-state index in [2.05, 4.69) is 0 Å². The number of rotatable bonds is 11. The maximum atomic E-state index is 14.6. The van der Waals surface area contributed by atoms with Crippen molar-refractivity contribution in [1.29, 1.82) is 0 Å². The van der Waals surface area contributed by atoms with Crippen LogP contribution in [0.5, 0.6) is 0 Å². The van der Waals surface area contributed by atoms with E-state index in [4.69, 9.17) is 28.4 Å². The van der Waals surface area contributed by atoms with Crippen molar-refractivity contribution >= 4 is 43.5 Å². The summed E-state index contributed by atoms with van der Waals surface area (Å²) in [5.74, 6) is -8.64. The van der Waals surface area contributed by atoms with Gasteiger partial charge in [-0.3, -0.25) is 24.0 Å². The van der Waals surface area contributed by atoms with Crippen molar-refractivity contribution in [1.82, 2.24) is 4.90 Å². The molecule has 16 nitrogen and oxygen atoms in total. The third-order valence-electron chi connectivity index (χ3n) is 15.9. The van der Waals surface area contributed by atoms with Gasteiger partial charge in [-0.05, 0) is 133 Å². The topological polar surface area (TPSA) is 222 Å². The van der Waals surface area contributed by atoms with Gasteiger partial charge in [-0.15, -0.1) is 0 Å². The minimum atomic E-state index is -2.45. The lowest BCUT2D eigenvalue weighted by Gasteiger charge is -2.42. The van der Waals surface area contributed by atoms with Crippen LogP contribution >= 0.6 is 0 Å². The summed E-state index contributed by atoms with van der Waals surface area (Å²) in [7, 11) is 2.22. The lowest BCUT2D eigenvalue weighted by Crippen LogP contribution is -2.61. The first-order valence-corrected chi connectivity index (χ1v) is 30.4. The number of ketones is 3. The van der Waals surface area contributed by atoms with E-state index >= 15 is 0 Å². The highest BCUT2D eigenvalue weighted by atomic mass is 28.4. The minimum Gasteiger partial charge on any atom is -0.460 e. The predicted molar refractivity (Wildman–Crippen MR) is 283 cm³/mol. The molecule has 3 heterocycles. The molecule has 0 spiro atoms. The maximum Gasteiger partial charge on any atom is 0.329 e. The van der Waals surface area contributed by atoms with E-state index in [1.807, 2.05) is 71.2 Å². The van der Waals surface area contributed by atoms with E-state index in [1.165, 1.54) is 12.0 Å². The molecule has 2 saturated heterocycles. The first kappa shape index (κ1) is 62.9. The number of allylic oxidation sites excluding steroid dienone is 6. The van der Waals surface area contributed by atoms with Gasteiger partial charge < -0.3 is 48.3 Å². The van der Waals surface area contributed by atoms with Gasteiger partial charge in [-0.1, -0.05) is 71.1 Å². The Morgan fingerprint density at radius 3 is 2.26 bits per heavy atom. The number of Topliss-reactive ketones (excluding diaryl/α,β-unsaturated/α-hetero) is 3. The third kappa shape index (κ3) is 18.0. The van der Waals surface area contributed by atoms with Crippen LogP contribution in [0.3, 0.4) is 0 Å². The zero-order valence-corrected chi connectivity index (χ0v) is 47.5. The molecule has 2 bridgehead atoms. The van der Waals surface area contributed by atoms with Gasteiger partial charge in [-0.2, -0.15) is 0 Å². The molecule has 17 heteroatoms. The molecule has 0 unspecified atom stereocenters. The Kier molecular flexibility index (Phi) is 24.8. The van der Waals surface area contributed by atoms with Gasteiger partial charge in [0.25, 0.3) is 11.7 Å². The van der Waals surface area contributed by atoms with Crippen LogP contribution in [0.15, 0.2) is 47.6 Å². The second-order valence-electron chi connectivity index (χ2n) is 22.7. The summed E-state index contributed by atoms with van der Waals surface area (Å²) >= 11 is 0. The van der Waals surface area contributed by atoms with Crippen molar-refractivity contribution in [3.05, 3.63) is 47.6 Å². The fourth-order valence-corrected chi connectivity index (χ4v) is 12.2. The van der Waals surface area contributed by atoms with Crippen LogP contribution in [0, 0.1) is 35.5 Å². The van der Waals surface area contributed by atoms with Crippen molar-refractivity contribution in [2.45, 2.75) is 212 Å². The molecule has 1 amide bonds. The molecule has 0 aromatic carbocycles. The maximum absolute atomic E-state index is 14.6. The molecule has 1 aliphatic carbocycles. The summed E-state index contributed by atoms with van der Waals surface area (Å²) < 4.78 is 35.7. The summed E-state index contributed by atoms with van der Waals surface area (Å²) in [5, 5.41) is 23.5. The highest BCUT2D eigenvalue weighted by Crippen LogP contribution is 2.38. The third-order valence-corrected chi connectivity index (χ3v) is 17.5. The SMILES string of the molecule is CO[C@H]1C[C@@H]2CC[C@@H](C)[C@@](O)(O2)C(=O)C(=O)N2CCCC[C@H]2C(=O)O[C@H]([C@@H](C)C[C@@H]2CC[C@@H](OC(=O)CCC[Si](C)(C)O)[C@H](OC)C2)CC(=O)[C@H](C)/C=C(\C)[C@@H](O)[C@@H](OC)C(=O)[C@H](C)C[C@H](C)/C=C/C=C/C=C/1C. The van der Waals surface area contributed by atoms with Crippen LogP contribution in [-0.4, -0.2) is 146 Å². The first-order valence-electron chi connectivity index (χ1n) is 27.2. The number of methoxy groups -OCH3 is 3. The van der Waals surface area contributed by atoms with Crippen molar-refractivity contribution in [3.63, 3.8) is 0 Å². The number of ether oxygens (including phenoxy) is 6. The molecule has 0 radical (unpaired) electrons. The molecule has 1 saturated carbocycles. The molecule has 3 fully saturated rings. The van der Waals surface area contributed by atoms with E-state index in [-0.39, 0.29) is 55.2 Å². The zero-order valence-electron chi connectivity index (χ0n) is 46.5. The van der Waals surface area contributed by atoms with Crippen LogP contribution in [0.1, 0.15) is 138 Å². The molecule has 4 rings (SSSR count). The summed E-state index contributed by atoms with van der Waals surface area (Å²) in [6.07, 6.45) is 11.5. The number of aliphatic hydroxyl groups excluding tert-OH is 1. The second-order valence-corrected chi connectivity index (χ2v) is 26.8. The van der Waals surface area contributed by atoms with Gasteiger partial charge in [0.05, 0.1) is 18.3 Å². The van der Waals surface area contributed by atoms with Gasteiger partial charge in [0.2, 0.25) is 5.79 Å². The molecule has 3 N–H and O–H groups in total. The molecule has 0 aromatic heterocycles. The van der Waals surface area contributed by atoms with Crippen LogP contribution in [0.2, 0.25) is 19.1 Å². The predicted octanol–water partition coefficient (Wildman–Crippen LogP) is 7.71. The number of cyclic esters (lactones) is 1. The molecule has 4 aliphatic rings. The van der Waals surface area contributed by atoms with Crippen molar-refractivity contribution < 1.29 is 72.2 Å². The normalized spacial score (nSPS) is 37.1. The highest BCUT2D eigenvalue weighted by Gasteiger charge is 2.53. The number of fused-ring (bicyclic) bond motifs is 3. The lowest BCUT2D eigenvalue weighted by atomic mass is 9.78. The molecule has 15 atom stereocenters. The Morgan fingerprint density at radius 2 is 1.59 bits per heavy atom. The van der Waals surface area contributed by atoms with Gasteiger partial charge in [0.1, 0.15) is 36.2 Å². The Bertz CT molecular complexity index is 2030. The molecule has 74 heavy (non-hydrogen) atoms. The largest absolute Gasteiger partial charge is 0.460 e. The van der Waals surface area contributed by atoms with Gasteiger partial charge in [0.15, 0.2) is 14.1 Å². The fraction of sp³-hybridized carbons (Fsp3) is 0.754. The second kappa shape index (κ2) is 29.2. The number of nitrogens with zero attached hydrogens (tertiary/aromatic N) is 1.